The summed E-state index contributed by atoms with van der Waals surface area (Å²) in [5.41, 5.74) is 5.59. The van der Waals surface area contributed by atoms with Gasteiger partial charge in [0.1, 0.15) is 5.65 Å². The first-order valence-corrected chi connectivity index (χ1v) is 8.22. The molecule has 3 nitrogen and oxygen atoms in total. The molecule has 0 radical (unpaired) electrons. The molecule has 1 aliphatic rings. The molecule has 1 aromatic carbocycles. The summed E-state index contributed by atoms with van der Waals surface area (Å²) < 4.78 is 0. The first-order valence-electron chi connectivity index (χ1n) is 8.22. The second-order valence-corrected chi connectivity index (χ2v) is 6.36. The van der Waals surface area contributed by atoms with E-state index in [1.165, 1.54) is 30.2 Å². The number of aromatic nitrogens is 3. The van der Waals surface area contributed by atoms with Gasteiger partial charge in [-0.1, -0.05) is 30.7 Å². The van der Waals surface area contributed by atoms with Crippen LogP contribution < -0.4 is 0 Å². The zero-order chi connectivity index (χ0) is 15.2. The fourth-order valence-corrected chi connectivity index (χ4v) is 3.53. The van der Waals surface area contributed by atoms with E-state index in [0.717, 1.165) is 33.7 Å². The molecule has 3 aromatic heterocycles. The first-order chi connectivity index (χ1) is 11.4. The van der Waals surface area contributed by atoms with Crippen molar-refractivity contribution in [2.45, 2.75) is 25.2 Å². The lowest BCUT2D eigenvalue weighted by Crippen LogP contribution is -2.08. The maximum Gasteiger partial charge on any atom is 0.138 e. The molecule has 4 aromatic rings. The Morgan fingerprint density at radius 3 is 2.65 bits per heavy atom. The van der Waals surface area contributed by atoms with Crippen molar-refractivity contribution in [3.8, 4) is 11.3 Å². The summed E-state index contributed by atoms with van der Waals surface area (Å²) in [6.07, 6.45) is 7.88. The van der Waals surface area contributed by atoms with Gasteiger partial charge < -0.3 is 4.98 Å². The van der Waals surface area contributed by atoms with Crippen molar-refractivity contribution in [3.05, 3.63) is 60.4 Å². The topological polar surface area (TPSA) is 41.6 Å². The summed E-state index contributed by atoms with van der Waals surface area (Å²) in [5.74, 6) is 0.724. The molecular formula is C20H17N3. The van der Waals surface area contributed by atoms with E-state index in [9.17, 15) is 0 Å². The predicted octanol–water partition coefficient (Wildman–Crippen LogP) is 5.05. The molecule has 0 saturated heterocycles. The second kappa shape index (κ2) is 4.92. The summed E-state index contributed by atoms with van der Waals surface area (Å²) >= 11 is 0. The minimum absolute atomic E-state index is 0.724. The minimum atomic E-state index is 0.724. The highest BCUT2D eigenvalue weighted by Crippen LogP contribution is 2.37. The molecule has 1 N–H and O–H groups in total. The Morgan fingerprint density at radius 2 is 1.87 bits per heavy atom. The second-order valence-electron chi connectivity index (χ2n) is 6.36. The highest BCUT2D eigenvalue weighted by molar-refractivity contribution is 6.12. The predicted molar refractivity (Wildman–Crippen MR) is 93.4 cm³/mol. The lowest BCUT2D eigenvalue weighted by molar-refractivity contribution is 0.419. The largest absolute Gasteiger partial charge is 0.339 e. The van der Waals surface area contributed by atoms with Crippen LogP contribution in [0.3, 0.4) is 0 Å². The molecular weight excluding hydrogens is 282 g/mol. The van der Waals surface area contributed by atoms with Crippen molar-refractivity contribution < 1.29 is 0 Å². The van der Waals surface area contributed by atoms with Crippen LogP contribution in [-0.2, 0) is 0 Å². The van der Waals surface area contributed by atoms with E-state index in [1.54, 1.807) is 0 Å². The number of para-hydroxylation sites is 1. The molecule has 3 heteroatoms. The molecule has 3 heterocycles. The number of fused-ring (bicyclic) bond motifs is 3. The van der Waals surface area contributed by atoms with Gasteiger partial charge in [0.15, 0.2) is 0 Å². The van der Waals surface area contributed by atoms with Crippen molar-refractivity contribution >= 4 is 21.9 Å². The van der Waals surface area contributed by atoms with Crippen LogP contribution in [0.15, 0.2) is 54.9 Å². The highest BCUT2D eigenvalue weighted by atomic mass is 14.8. The van der Waals surface area contributed by atoms with E-state index in [4.69, 9.17) is 4.98 Å². The maximum atomic E-state index is 4.75. The van der Waals surface area contributed by atoms with Gasteiger partial charge in [-0.15, -0.1) is 0 Å². The van der Waals surface area contributed by atoms with Gasteiger partial charge in [-0.3, -0.25) is 4.98 Å². The fraction of sp³-hybridized carbons (Fsp3) is 0.200. The van der Waals surface area contributed by atoms with Gasteiger partial charge in [0, 0.05) is 34.2 Å². The SMILES string of the molecule is c1ccc2c(c1)[nH]c1nccc(-c3ccc(C4CCC4)cn3)c12. The highest BCUT2D eigenvalue weighted by Gasteiger charge is 2.20. The number of benzene rings is 1. The molecule has 0 amide bonds. The van der Waals surface area contributed by atoms with E-state index < -0.39 is 0 Å². The Bertz CT molecular complexity index is 994. The van der Waals surface area contributed by atoms with Gasteiger partial charge in [-0.2, -0.15) is 0 Å². The van der Waals surface area contributed by atoms with Crippen LogP contribution in [0.1, 0.15) is 30.7 Å². The Balaban J connectivity index is 1.69. The first kappa shape index (κ1) is 12.8. The quantitative estimate of drug-likeness (QED) is 0.563. The van der Waals surface area contributed by atoms with Crippen LogP contribution in [0, 0.1) is 0 Å². The van der Waals surface area contributed by atoms with Crippen LogP contribution in [-0.4, -0.2) is 15.0 Å². The number of H-pyrrole nitrogens is 1. The number of hydrogen-bond acceptors (Lipinski definition) is 2. The molecule has 0 spiro atoms. The number of aromatic amines is 1. The Hall–Kier alpha value is -2.68. The Labute approximate surface area is 134 Å². The third-order valence-electron chi connectivity index (χ3n) is 5.04. The van der Waals surface area contributed by atoms with Crippen LogP contribution in [0.4, 0.5) is 0 Å². The average molecular weight is 299 g/mol. The zero-order valence-electron chi connectivity index (χ0n) is 12.8. The molecule has 0 aliphatic heterocycles. The Kier molecular flexibility index (Phi) is 2.74. The number of pyridine rings is 2. The van der Waals surface area contributed by atoms with Gasteiger partial charge in [0.25, 0.3) is 0 Å². The summed E-state index contributed by atoms with van der Waals surface area (Å²) in [6, 6.07) is 14.8. The van der Waals surface area contributed by atoms with E-state index in [-0.39, 0.29) is 0 Å². The number of hydrogen-bond donors (Lipinski definition) is 1. The minimum Gasteiger partial charge on any atom is -0.339 e. The van der Waals surface area contributed by atoms with Gasteiger partial charge in [0.2, 0.25) is 0 Å². The standard InChI is InChI=1S/C20H17N3/c1-2-7-18-15(6-1)19-16(10-11-21-20(19)23-18)17-9-8-14(12-22-17)13-4-3-5-13/h1-2,6-13H,3-5H2,(H,21,23). The summed E-state index contributed by atoms with van der Waals surface area (Å²) in [4.78, 5) is 12.6. The molecule has 0 atom stereocenters. The van der Waals surface area contributed by atoms with E-state index in [0.29, 0.717) is 0 Å². The molecule has 112 valence electrons. The summed E-state index contributed by atoms with van der Waals surface area (Å²) in [5, 5.41) is 2.36. The molecule has 1 saturated carbocycles. The molecule has 0 unspecified atom stereocenters. The van der Waals surface area contributed by atoms with Crippen molar-refractivity contribution in [3.63, 3.8) is 0 Å². The molecule has 1 aliphatic carbocycles. The number of rotatable bonds is 2. The van der Waals surface area contributed by atoms with Crippen LogP contribution in [0.5, 0.6) is 0 Å². The smallest absolute Gasteiger partial charge is 0.138 e. The van der Waals surface area contributed by atoms with Gasteiger partial charge in [-0.05, 0) is 42.5 Å². The normalized spacial score (nSPS) is 15.1. The lowest BCUT2D eigenvalue weighted by Gasteiger charge is -2.25. The van der Waals surface area contributed by atoms with Crippen LogP contribution in [0.2, 0.25) is 0 Å². The van der Waals surface area contributed by atoms with Gasteiger partial charge >= 0.3 is 0 Å². The molecule has 1 fully saturated rings. The number of nitrogens with zero attached hydrogens (tertiary/aromatic N) is 2. The lowest BCUT2D eigenvalue weighted by atomic mass is 9.81. The van der Waals surface area contributed by atoms with Crippen LogP contribution in [0.25, 0.3) is 33.2 Å². The van der Waals surface area contributed by atoms with Crippen molar-refractivity contribution in [1.82, 2.24) is 15.0 Å². The summed E-state index contributed by atoms with van der Waals surface area (Å²) in [7, 11) is 0. The third kappa shape index (κ3) is 1.96. The number of nitrogens with one attached hydrogen (secondary N) is 1. The third-order valence-corrected chi connectivity index (χ3v) is 5.04. The van der Waals surface area contributed by atoms with Crippen molar-refractivity contribution in [2.75, 3.05) is 0 Å². The molecule has 0 bridgehead atoms. The van der Waals surface area contributed by atoms with Crippen LogP contribution >= 0.6 is 0 Å². The van der Waals surface area contributed by atoms with Gasteiger partial charge in [-0.25, -0.2) is 4.98 Å². The Morgan fingerprint density at radius 1 is 0.957 bits per heavy atom. The maximum absolute atomic E-state index is 4.75. The van der Waals surface area contributed by atoms with Crippen molar-refractivity contribution in [1.29, 1.82) is 0 Å². The van der Waals surface area contributed by atoms with Crippen molar-refractivity contribution in [2.24, 2.45) is 0 Å². The molecule has 5 rings (SSSR count). The zero-order valence-corrected chi connectivity index (χ0v) is 12.8. The van der Waals surface area contributed by atoms with E-state index in [1.807, 2.05) is 12.3 Å². The van der Waals surface area contributed by atoms with Gasteiger partial charge in [0.05, 0.1) is 5.69 Å². The molecule has 23 heavy (non-hydrogen) atoms. The fourth-order valence-electron chi connectivity index (χ4n) is 3.53. The van der Waals surface area contributed by atoms with E-state index in [2.05, 4.69) is 52.6 Å². The monoisotopic (exact) mass is 299 g/mol. The van der Waals surface area contributed by atoms with E-state index >= 15 is 0 Å². The average Bonchev–Trinajstić information content (AvgIpc) is 2.92. The summed E-state index contributed by atoms with van der Waals surface area (Å²) in [6.45, 7) is 0.